The molecule has 0 saturated carbocycles. The van der Waals surface area contributed by atoms with E-state index >= 15 is 0 Å². The number of H-pyrrole nitrogens is 1. The molecule has 2 N–H and O–H groups in total. The van der Waals surface area contributed by atoms with Crippen LogP contribution in [-0.4, -0.2) is 20.9 Å². The first-order chi connectivity index (χ1) is 9.79. The van der Waals surface area contributed by atoms with Crippen LogP contribution in [0.2, 0.25) is 0 Å². The summed E-state index contributed by atoms with van der Waals surface area (Å²) >= 11 is 0. The van der Waals surface area contributed by atoms with Gasteiger partial charge < -0.3 is 10.3 Å². The van der Waals surface area contributed by atoms with Crippen LogP contribution in [0.3, 0.4) is 0 Å². The second kappa shape index (κ2) is 5.35. The molecule has 0 bridgehead atoms. The van der Waals surface area contributed by atoms with E-state index in [-0.39, 0.29) is 5.69 Å². The molecule has 0 atom stereocenters. The molecule has 2 aromatic rings. The summed E-state index contributed by atoms with van der Waals surface area (Å²) in [6.45, 7) is 1.51. The molecule has 9 heteroatoms. The molecule has 0 fully saturated rings. The van der Waals surface area contributed by atoms with Crippen LogP contribution in [0.4, 0.5) is 18.9 Å². The number of nitrogens with one attached hydrogen (secondary N) is 2. The predicted octanol–water partition coefficient (Wildman–Crippen LogP) is 1.74. The van der Waals surface area contributed by atoms with Gasteiger partial charge in [0.1, 0.15) is 11.4 Å². The van der Waals surface area contributed by atoms with Gasteiger partial charge in [-0.2, -0.15) is 13.2 Å². The Labute approximate surface area is 116 Å². The maximum Gasteiger partial charge on any atom is 0.417 e. The Morgan fingerprint density at radius 2 is 1.95 bits per heavy atom. The van der Waals surface area contributed by atoms with E-state index in [2.05, 4.69) is 15.3 Å². The summed E-state index contributed by atoms with van der Waals surface area (Å²) in [6, 6.07) is 0.558. The number of carbonyl (C=O) groups excluding carboxylic acids is 1. The molecule has 0 aliphatic heterocycles. The Morgan fingerprint density at radius 1 is 1.29 bits per heavy atom. The summed E-state index contributed by atoms with van der Waals surface area (Å²) in [5.74, 6) is -0.814. The van der Waals surface area contributed by atoms with E-state index in [9.17, 15) is 22.8 Å². The summed E-state index contributed by atoms with van der Waals surface area (Å²) in [4.78, 5) is 32.9. The minimum atomic E-state index is -4.63. The maximum atomic E-state index is 12.6. The first kappa shape index (κ1) is 14.7. The molecule has 0 aliphatic rings. The van der Waals surface area contributed by atoms with Crippen LogP contribution in [0.25, 0.3) is 0 Å². The van der Waals surface area contributed by atoms with E-state index in [1.165, 1.54) is 19.3 Å². The van der Waals surface area contributed by atoms with Crippen molar-refractivity contribution in [3.05, 3.63) is 52.0 Å². The van der Waals surface area contributed by atoms with E-state index in [0.717, 1.165) is 0 Å². The number of aryl methyl sites for hydroxylation is 1. The first-order valence-electron chi connectivity index (χ1n) is 5.68. The molecule has 110 valence electrons. The van der Waals surface area contributed by atoms with Crippen LogP contribution in [0.5, 0.6) is 0 Å². The monoisotopic (exact) mass is 298 g/mol. The van der Waals surface area contributed by atoms with Crippen molar-refractivity contribution in [3.8, 4) is 0 Å². The largest absolute Gasteiger partial charge is 0.417 e. The molecule has 0 spiro atoms. The minimum Gasteiger partial charge on any atom is -0.327 e. The highest BCUT2D eigenvalue weighted by Gasteiger charge is 2.31. The van der Waals surface area contributed by atoms with E-state index in [4.69, 9.17) is 0 Å². The lowest BCUT2D eigenvalue weighted by atomic mass is 10.2. The lowest BCUT2D eigenvalue weighted by molar-refractivity contribution is -0.137. The number of pyridine rings is 1. The normalized spacial score (nSPS) is 11.2. The van der Waals surface area contributed by atoms with Crippen LogP contribution in [0.15, 0.2) is 29.5 Å². The molecule has 0 saturated heterocycles. The third-order valence-corrected chi connectivity index (χ3v) is 2.58. The van der Waals surface area contributed by atoms with Gasteiger partial charge in [-0.15, -0.1) is 0 Å². The molecule has 0 aliphatic carbocycles. The van der Waals surface area contributed by atoms with Gasteiger partial charge in [-0.1, -0.05) is 0 Å². The van der Waals surface area contributed by atoms with Gasteiger partial charge in [0.2, 0.25) is 0 Å². The molecule has 0 radical (unpaired) electrons. The number of alkyl halides is 3. The molecule has 0 unspecified atom stereocenters. The average molecular weight is 298 g/mol. The fraction of sp³-hybridized carbons (Fsp3) is 0.167. The Morgan fingerprint density at radius 3 is 2.57 bits per heavy atom. The molecular formula is C12H9F3N4O2. The van der Waals surface area contributed by atoms with Crippen molar-refractivity contribution in [2.24, 2.45) is 0 Å². The minimum absolute atomic E-state index is 0.0747. The Kier molecular flexibility index (Phi) is 3.74. The van der Waals surface area contributed by atoms with E-state index < -0.39 is 28.9 Å². The summed E-state index contributed by atoms with van der Waals surface area (Å²) in [6.07, 6.45) is -1.47. The van der Waals surface area contributed by atoms with Crippen molar-refractivity contribution >= 4 is 11.6 Å². The van der Waals surface area contributed by atoms with Crippen molar-refractivity contribution in [3.63, 3.8) is 0 Å². The molecule has 2 heterocycles. The second-order valence-electron chi connectivity index (χ2n) is 4.07. The summed E-state index contributed by atoms with van der Waals surface area (Å²) in [5, 5.41) is 2.09. The zero-order valence-electron chi connectivity index (χ0n) is 10.7. The number of anilines is 1. The van der Waals surface area contributed by atoms with Crippen LogP contribution < -0.4 is 10.9 Å². The number of nitrogens with zero attached hydrogens (tertiary/aromatic N) is 2. The van der Waals surface area contributed by atoms with Gasteiger partial charge in [-0.3, -0.25) is 14.6 Å². The number of hydrogen-bond acceptors (Lipinski definition) is 4. The number of carbonyl (C=O) groups is 1. The predicted molar refractivity (Wildman–Crippen MR) is 66.8 cm³/mol. The van der Waals surface area contributed by atoms with Crippen LogP contribution in [0, 0.1) is 6.92 Å². The van der Waals surface area contributed by atoms with Crippen molar-refractivity contribution in [1.29, 1.82) is 0 Å². The molecular weight excluding hydrogens is 289 g/mol. The van der Waals surface area contributed by atoms with Gasteiger partial charge in [0, 0.05) is 18.6 Å². The zero-order valence-corrected chi connectivity index (χ0v) is 10.7. The number of aromatic amines is 1. The van der Waals surface area contributed by atoms with E-state index in [1.54, 1.807) is 0 Å². The van der Waals surface area contributed by atoms with Gasteiger partial charge in [-0.25, -0.2) is 4.98 Å². The Bertz CT molecular complexity index is 740. The first-order valence-corrected chi connectivity index (χ1v) is 5.68. The molecule has 21 heavy (non-hydrogen) atoms. The smallest absolute Gasteiger partial charge is 0.327 e. The third-order valence-electron chi connectivity index (χ3n) is 2.58. The quantitative estimate of drug-likeness (QED) is 0.884. The Hall–Kier alpha value is -2.71. The van der Waals surface area contributed by atoms with Crippen LogP contribution in [-0.2, 0) is 6.18 Å². The van der Waals surface area contributed by atoms with Gasteiger partial charge in [0.15, 0.2) is 0 Å². The van der Waals surface area contributed by atoms with Crippen LogP contribution >= 0.6 is 0 Å². The fourth-order valence-corrected chi connectivity index (χ4v) is 1.55. The number of hydrogen-bond donors (Lipinski definition) is 2. The number of amides is 1. The zero-order chi connectivity index (χ0) is 15.6. The van der Waals surface area contributed by atoms with Gasteiger partial charge in [0.25, 0.3) is 11.5 Å². The highest BCUT2D eigenvalue weighted by atomic mass is 19.4. The number of halogens is 3. The van der Waals surface area contributed by atoms with E-state index in [1.807, 2.05) is 4.98 Å². The number of rotatable bonds is 2. The lowest BCUT2D eigenvalue weighted by Gasteiger charge is -2.09. The van der Waals surface area contributed by atoms with Gasteiger partial charge >= 0.3 is 6.18 Å². The SMILES string of the molecule is Cc1nccnc1C(=O)Nc1cc(C(F)(F)F)c[nH]c1=O. The molecule has 2 aromatic heterocycles. The van der Waals surface area contributed by atoms with E-state index in [0.29, 0.717) is 18.0 Å². The van der Waals surface area contributed by atoms with Crippen LogP contribution in [0.1, 0.15) is 21.7 Å². The van der Waals surface area contributed by atoms with Crippen molar-refractivity contribution in [2.45, 2.75) is 13.1 Å². The molecule has 1 amide bonds. The molecule has 2 rings (SSSR count). The highest BCUT2D eigenvalue weighted by molar-refractivity contribution is 6.03. The van der Waals surface area contributed by atoms with Crippen molar-refractivity contribution in [1.82, 2.24) is 15.0 Å². The number of aromatic nitrogens is 3. The van der Waals surface area contributed by atoms with Gasteiger partial charge in [0.05, 0.1) is 11.3 Å². The summed E-state index contributed by atoms with van der Waals surface area (Å²) in [7, 11) is 0. The summed E-state index contributed by atoms with van der Waals surface area (Å²) < 4.78 is 37.7. The maximum absolute atomic E-state index is 12.6. The van der Waals surface area contributed by atoms with Crippen molar-refractivity contribution in [2.75, 3.05) is 5.32 Å². The Balaban J connectivity index is 2.34. The van der Waals surface area contributed by atoms with Gasteiger partial charge in [-0.05, 0) is 13.0 Å². The fourth-order valence-electron chi connectivity index (χ4n) is 1.55. The topological polar surface area (TPSA) is 87.7 Å². The average Bonchev–Trinajstić information content (AvgIpc) is 2.40. The summed E-state index contributed by atoms with van der Waals surface area (Å²) in [5.41, 5.74) is -2.22. The lowest BCUT2D eigenvalue weighted by Crippen LogP contribution is -2.23. The standard InChI is InChI=1S/C12H9F3N4O2/c1-6-9(17-3-2-16-6)11(21)19-8-4-7(12(13,14)15)5-18-10(8)20/h2-5H,1H3,(H,18,20)(H,19,21). The second-order valence-corrected chi connectivity index (χ2v) is 4.07. The van der Waals surface area contributed by atoms with Crippen molar-refractivity contribution < 1.29 is 18.0 Å². The molecule has 6 nitrogen and oxygen atoms in total. The highest BCUT2D eigenvalue weighted by Crippen LogP contribution is 2.29. The third kappa shape index (κ3) is 3.25. The molecule has 0 aromatic carbocycles.